The number of fused-ring (bicyclic) bond motifs is 1. The van der Waals surface area contributed by atoms with Gasteiger partial charge in [-0.15, -0.1) is 0 Å². The number of hydrogen-bond acceptors (Lipinski definition) is 5. The van der Waals surface area contributed by atoms with E-state index in [1.54, 1.807) is 18.3 Å². The van der Waals surface area contributed by atoms with Crippen molar-refractivity contribution in [2.24, 2.45) is 5.92 Å². The molecule has 4 rings (SSSR count). The van der Waals surface area contributed by atoms with Gasteiger partial charge >= 0.3 is 6.03 Å². The predicted molar refractivity (Wildman–Crippen MR) is 116 cm³/mol. The third-order valence-electron chi connectivity index (χ3n) is 5.72. The van der Waals surface area contributed by atoms with Crippen molar-refractivity contribution in [2.75, 3.05) is 13.2 Å². The topological polar surface area (TPSA) is 121 Å². The van der Waals surface area contributed by atoms with Gasteiger partial charge in [0.2, 0.25) is 5.91 Å². The highest BCUT2D eigenvalue weighted by Crippen LogP contribution is 2.34. The lowest BCUT2D eigenvalue weighted by molar-refractivity contribution is -0.121. The Kier molecular flexibility index (Phi) is 6.96. The number of nitrogens with zero attached hydrogens (tertiary/aromatic N) is 1. The van der Waals surface area contributed by atoms with Gasteiger partial charge in [0.15, 0.2) is 0 Å². The molecule has 2 fully saturated rings. The van der Waals surface area contributed by atoms with Gasteiger partial charge in [0.05, 0.1) is 11.6 Å². The maximum Gasteiger partial charge on any atom is 0.317 e. The van der Waals surface area contributed by atoms with Crippen LogP contribution in [0.4, 0.5) is 4.79 Å². The number of benzene rings is 1. The molecule has 0 saturated carbocycles. The van der Waals surface area contributed by atoms with Crippen molar-refractivity contribution in [3.05, 3.63) is 65.5 Å². The molecule has 0 spiro atoms. The van der Waals surface area contributed by atoms with Crippen molar-refractivity contribution in [3.8, 4) is 0 Å². The van der Waals surface area contributed by atoms with Gasteiger partial charge in [0.1, 0.15) is 6.23 Å². The first-order valence-electron chi connectivity index (χ1n) is 10.8. The zero-order valence-electron chi connectivity index (χ0n) is 17.7. The molecule has 9 heteroatoms. The van der Waals surface area contributed by atoms with E-state index >= 15 is 0 Å². The summed E-state index contributed by atoms with van der Waals surface area (Å²) in [4.78, 5) is 40.1. The van der Waals surface area contributed by atoms with E-state index in [4.69, 9.17) is 4.74 Å². The number of urea groups is 1. The minimum Gasteiger partial charge on any atom is -0.358 e. The molecule has 2 aromatic rings. The van der Waals surface area contributed by atoms with Gasteiger partial charge in [-0.25, -0.2) is 4.79 Å². The fourth-order valence-electron chi connectivity index (χ4n) is 4.12. The SMILES string of the molecule is O=C(CCNC(=O)c1cccnc1)NCc1cccc([C@@H]2NC(=O)N[C@H]3OCCC[C@H]32)c1. The van der Waals surface area contributed by atoms with E-state index in [9.17, 15) is 14.4 Å². The highest BCUT2D eigenvalue weighted by molar-refractivity contribution is 5.94. The van der Waals surface area contributed by atoms with Gasteiger partial charge in [-0.05, 0) is 36.1 Å². The number of nitrogens with one attached hydrogen (secondary N) is 4. The minimum atomic E-state index is -0.271. The predicted octanol–water partition coefficient (Wildman–Crippen LogP) is 1.62. The van der Waals surface area contributed by atoms with Crippen molar-refractivity contribution < 1.29 is 19.1 Å². The van der Waals surface area contributed by atoms with Crippen LogP contribution in [-0.2, 0) is 16.1 Å². The summed E-state index contributed by atoms with van der Waals surface area (Å²) in [7, 11) is 0. The second-order valence-corrected chi connectivity index (χ2v) is 7.96. The molecule has 2 aliphatic rings. The molecule has 32 heavy (non-hydrogen) atoms. The number of carbonyl (C=O) groups is 3. The summed E-state index contributed by atoms with van der Waals surface area (Å²) >= 11 is 0. The highest BCUT2D eigenvalue weighted by atomic mass is 16.5. The lowest BCUT2D eigenvalue weighted by atomic mass is 9.85. The van der Waals surface area contributed by atoms with Crippen LogP contribution in [0.2, 0.25) is 0 Å². The number of rotatable bonds is 7. The van der Waals surface area contributed by atoms with Crippen molar-refractivity contribution in [3.63, 3.8) is 0 Å². The van der Waals surface area contributed by atoms with E-state index in [1.807, 2.05) is 24.3 Å². The van der Waals surface area contributed by atoms with Crippen LogP contribution >= 0.6 is 0 Å². The Labute approximate surface area is 186 Å². The van der Waals surface area contributed by atoms with E-state index < -0.39 is 0 Å². The standard InChI is InChI=1S/C23H27N5O4/c29-19(8-10-25-21(30)17-6-2-9-24-14-17)26-13-15-4-1-5-16(12-15)20-18-7-3-11-32-22(18)28-23(31)27-20/h1-2,4-6,9,12,14,18,20,22H,3,7-8,10-11,13H2,(H,25,30)(H,26,29)(H2,27,28,31)/t18-,20-,22-/m0/s1. The average molecular weight is 438 g/mol. The third kappa shape index (κ3) is 5.42. The summed E-state index contributed by atoms with van der Waals surface area (Å²) in [5.74, 6) is -0.250. The molecule has 3 heterocycles. The Morgan fingerprint density at radius 1 is 1.16 bits per heavy atom. The molecule has 2 aliphatic heterocycles. The second kappa shape index (κ2) is 10.2. The summed E-state index contributed by atoms with van der Waals surface area (Å²) < 4.78 is 5.73. The molecule has 0 radical (unpaired) electrons. The Hall–Kier alpha value is -3.46. The van der Waals surface area contributed by atoms with E-state index in [2.05, 4.69) is 26.3 Å². The fourth-order valence-corrected chi connectivity index (χ4v) is 4.12. The largest absolute Gasteiger partial charge is 0.358 e. The number of aromatic nitrogens is 1. The van der Waals surface area contributed by atoms with Crippen molar-refractivity contribution >= 4 is 17.8 Å². The van der Waals surface area contributed by atoms with Crippen molar-refractivity contribution in [2.45, 2.75) is 38.1 Å². The number of carbonyl (C=O) groups excluding carboxylic acids is 3. The van der Waals surface area contributed by atoms with Crippen LogP contribution in [0.3, 0.4) is 0 Å². The normalized spacial score (nSPS) is 22.1. The molecule has 168 valence electrons. The Bertz CT molecular complexity index is 968. The molecule has 4 amide bonds. The summed E-state index contributed by atoms with van der Waals surface area (Å²) in [6.45, 7) is 1.26. The van der Waals surface area contributed by atoms with Gasteiger partial charge in [0, 0.05) is 44.4 Å². The summed E-state index contributed by atoms with van der Waals surface area (Å²) in [6, 6.07) is 10.9. The Morgan fingerprint density at radius 3 is 2.91 bits per heavy atom. The molecule has 0 aliphatic carbocycles. The maximum atomic E-state index is 12.2. The summed E-state index contributed by atoms with van der Waals surface area (Å²) in [6.07, 6.45) is 4.91. The average Bonchev–Trinajstić information content (AvgIpc) is 2.83. The van der Waals surface area contributed by atoms with E-state index in [0.29, 0.717) is 18.7 Å². The zero-order valence-corrected chi connectivity index (χ0v) is 17.7. The van der Waals surface area contributed by atoms with Gasteiger partial charge in [-0.2, -0.15) is 0 Å². The summed E-state index contributed by atoms with van der Waals surface area (Å²) in [5.41, 5.74) is 2.40. The third-order valence-corrected chi connectivity index (χ3v) is 5.72. The second-order valence-electron chi connectivity index (χ2n) is 7.96. The van der Waals surface area contributed by atoms with Crippen LogP contribution in [0.25, 0.3) is 0 Å². The first-order valence-corrected chi connectivity index (χ1v) is 10.8. The molecule has 0 bridgehead atoms. The summed E-state index contributed by atoms with van der Waals surface area (Å²) in [5, 5.41) is 11.5. The maximum absolute atomic E-state index is 12.2. The van der Waals surface area contributed by atoms with Crippen LogP contribution in [0.15, 0.2) is 48.8 Å². The first-order chi connectivity index (χ1) is 15.6. The van der Waals surface area contributed by atoms with Crippen LogP contribution < -0.4 is 21.3 Å². The zero-order chi connectivity index (χ0) is 22.3. The number of amides is 4. The van der Waals surface area contributed by atoms with E-state index in [-0.39, 0.29) is 49.0 Å². The lowest BCUT2D eigenvalue weighted by Gasteiger charge is -2.42. The van der Waals surface area contributed by atoms with Gasteiger partial charge in [0.25, 0.3) is 5.91 Å². The minimum absolute atomic E-state index is 0.132. The number of ether oxygens (including phenoxy) is 1. The molecule has 1 aromatic heterocycles. The quantitative estimate of drug-likeness (QED) is 0.525. The Balaban J connectivity index is 1.28. The molecule has 1 aromatic carbocycles. The van der Waals surface area contributed by atoms with Crippen LogP contribution in [0.5, 0.6) is 0 Å². The van der Waals surface area contributed by atoms with Crippen LogP contribution in [0, 0.1) is 5.92 Å². The first kappa shape index (κ1) is 21.8. The number of hydrogen-bond donors (Lipinski definition) is 4. The molecule has 9 nitrogen and oxygen atoms in total. The van der Waals surface area contributed by atoms with Crippen molar-refractivity contribution in [1.82, 2.24) is 26.3 Å². The molecular formula is C23H27N5O4. The molecule has 0 unspecified atom stereocenters. The highest BCUT2D eigenvalue weighted by Gasteiger charge is 2.39. The Morgan fingerprint density at radius 2 is 2.06 bits per heavy atom. The molecule has 2 saturated heterocycles. The number of pyridine rings is 1. The van der Waals surface area contributed by atoms with Gasteiger partial charge in [-0.1, -0.05) is 24.3 Å². The van der Waals surface area contributed by atoms with E-state index in [0.717, 1.165) is 24.0 Å². The molecule has 4 N–H and O–H groups in total. The van der Waals surface area contributed by atoms with Crippen LogP contribution in [0.1, 0.15) is 46.8 Å². The van der Waals surface area contributed by atoms with Crippen LogP contribution in [-0.4, -0.2) is 42.2 Å². The molecule has 3 atom stereocenters. The van der Waals surface area contributed by atoms with E-state index in [1.165, 1.54) is 6.20 Å². The smallest absolute Gasteiger partial charge is 0.317 e. The van der Waals surface area contributed by atoms with Gasteiger partial charge < -0.3 is 26.0 Å². The fraction of sp³-hybridized carbons (Fsp3) is 0.391. The molecular weight excluding hydrogens is 410 g/mol. The van der Waals surface area contributed by atoms with Crippen molar-refractivity contribution in [1.29, 1.82) is 0 Å². The van der Waals surface area contributed by atoms with Gasteiger partial charge in [-0.3, -0.25) is 14.6 Å². The lowest BCUT2D eigenvalue weighted by Crippen LogP contribution is -2.58. The monoisotopic (exact) mass is 437 g/mol.